The maximum atomic E-state index is 12.5. The Morgan fingerprint density at radius 2 is 1.57 bits per heavy atom. The number of carbonyl (C=O) groups is 2. The molecule has 28 heavy (non-hydrogen) atoms. The van der Waals surface area contributed by atoms with E-state index in [0.29, 0.717) is 40.9 Å². The molecule has 7 nitrogen and oxygen atoms in total. The highest BCUT2D eigenvalue weighted by Crippen LogP contribution is 2.27. The molecule has 7 heteroatoms. The molecule has 0 radical (unpaired) electrons. The smallest absolute Gasteiger partial charge is 0.273 e. The van der Waals surface area contributed by atoms with Crippen LogP contribution in [0.1, 0.15) is 41.0 Å². The number of hydrogen-bond acceptors (Lipinski definition) is 5. The van der Waals surface area contributed by atoms with Crippen molar-refractivity contribution < 1.29 is 23.8 Å². The Morgan fingerprint density at radius 3 is 2.25 bits per heavy atom. The average molecular weight is 386 g/mol. The molecule has 0 saturated heterocycles. The minimum Gasteiger partial charge on any atom is -0.493 e. The number of ether oxygens (including phenoxy) is 3. The normalized spacial score (nSPS) is 10.3. The van der Waals surface area contributed by atoms with Crippen LogP contribution < -0.4 is 25.1 Å². The van der Waals surface area contributed by atoms with Gasteiger partial charge in [0.15, 0.2) is 11.5 Å². The number of hydrogen-bond donors (Lipinski definition) is 2. The Morgan fingerprint density at radius 1 is 0.893 bits per heavy atom. The minimum atomic E-state index is -0.479. The van der Waals surface area contributed by atoms with Crippen molar-refractivity contribution in [1.82, 2.24) is 10.9 Å². The number of rotatable bonds is 8. The van der Waals surface area contributed by atoms with Gasteiger partial charge in [-0.3, -0.25) is 20.4 Å². The summed E-state index contributed by atoms with van der Waals surface area (Å²) in [5.41, 5.74) is 5.47. The molecule has 0 spiro atoms. The van der Waals surface area contributed by atoms with E-state index in [-0.39, 0.29) is 0 Å². The van der Waals surface area contributed by atoms with Crippen molar-refractivity contribution in [2.24, 2.45) is 5.92 Å². The van der Waals surface area contributed by atoms with Crippen molar-refractivity contribution in [3.63, 3.8) is 0 Å². The molecule has 0 unspecified atom stereocenters. The molecule has 0 aromatic heterocycles. The van der Waals surface area contributed by atoms with Gasteiger partial charge < -0.3 is 14.2 Å². The summed E-state index contributed by atoms with van der Waals surface area (Å²) < 4.78 is 16.0. The highest BCUT2D eigenvalue weighted by Gasteiger charge is 2.15. The third-order valence-electron chi connectivity index (χ3n) is 4.02. The van der Waals surface area contributed by atoms with E-state index in [0.717, 1.165) is 6.42 Å². The van der Waals surface area contributed by atoms with Crippen molar-refractivity contribution in [2.75, 3.05) is 20.8 Å². The summed E-state index contributed by atoms with van der Waals surface area (Å²) >= 11 is 0. The van der Waals surface area contributed by atoms with Crippen molar-refractivity contribution in [3.8, 4) is 17.2 Å². The first-order chi connectivity index (χ1) is 13.5. The predicted octanol–water partition coefficient (Wildman–Crippen LogP) is 3.20. The van der Waals surface area contributed by atoms with Gasteiger partial charge in [0.1, 0.15) is 5.75 Å². The number of methoxy groups -OCH3 is 2. The Labute approximate surface area is 165 Å². The number of para-hydroxylation sites is 1. The lowest BCUT2D eigenvalue weighted by molar-refractivity contribution is 0.0844. The molecule has 0 aliphatic carbocycles. The second kappa shape index (κ2) is 10.2. The lowest BCUT2D eigenvalue weighted by Gasteiger charge is -2.13. The van der Waals surface area contributed by atoms with Gasteiger partial charge in [-0.25, -0.2) is 0 Å². The van der Waals surface area contributed by atoms with Gasteiger partial charge in [-0.1, -0.05) is 26.0 Å². The van der Waals surface area contributed by atoms with Crippen molar-refractivity contribution >= 4 is 11.8 Å². The van der Waals surface area contributed by atoms with Gasteiger partial charge in [-0.15, -0.1) is 0 Å². The fourth-order valence-electron chi connectivity index (χ4n) is 2.42. The third kappa shape index (κ3) is 5.64. The van der Waals surface area contributed by atoms with E-state index < -0.39 is 11.8 Å². The molecular formula is C21H26N2O5. The maximum Gasteiger partial charge on any atom is 0.273 e. The highest BCUT2D eigenvalue weighted by atomic mass is 16.5. The summed E-state index contributed by atoms with van der Waals surface area (Å²) in [5.74, 6) is 0.963. The molecule has 0 aliphatic heterocycles. The largest absolute Gasteiger partial charge is 0.493 e. The standard InChI is InChI=1S/C21H26N2O5/c1-14(2)11-12-28-17-8-6-5-7-16(17)21(25)23-22-20(24)15-9-10-18(26-3)19(13-15)27-4/h5-10,13-14H,11-12H2,1-4H3,(H,22,24)(H,23,25). The van der Waals surface area contributed by atoms with Gasteiger partial charge in [0.2, 0.25) is 0 Å². The van der Waals surface area contributed by atoms with Crippen molar-refractivity contribution in [3.05, 3.63) is 53.6 Å². The fraction of sp³-hybridized carbons (Fsp3) is 0.333. The Hall–Kier alpha value is -3.22. The lowest BCUT2D eigenvalue weighted by atomic mass is 10.1. The molecular weight excluding hydrogens is 360 g/mol. The van der Waals surface area contributed by atoms with Gasteiger partial charge in [0, 0.05) is 5.56 Å². The number of carbonyl (C=O) groups excluding carboxylic acids is 2. The van der Waals surface area contributed by atoms with Crippen LogP contribution in [0.15, 0.2) is 42.5 Å². The predicted molar refractivity (Wildman–Crippen MR) is 106 cm³/mol. The van der Waals surface area contributed by atoms with E-state index >= 15 is 0 Å². The van der Waals surface area contributed by atoms with E-state index in [1.54, 1.807) is 36.4 Å². The van der Waals surface area contributed by atoms with E-state index in [9.17, 15) is 9.59 Å². The third-order valence-corrected chi connectivity index (χ3v) is 4.02. The fourth-order valence-corrected chi connectivity index (χ4v) is 2.42. The zero-order valence-corrected chi connectivity index (χ0v) is 16.6. The quantitative estimate of drug-likeness (QED) is 0.681. The number of nitrogens with one attached hydrogen (secondary N) is 2. The van der Waals surface area contributed by atoms with E-state index in [4.69, 9.17) is 14.2 Å². The maximum absolute atomic E-state index is 12.5. The highest BCUT2D eigenvalue weighted by molar-refractivity contribution is 6.00. The molecule has 0 fully saturated rings. The lowest BCUT2D eigenvalue weighted by Crippen LogP contribution is -2.41. The molecule has 2 rings (SSSR count). The second-order valence-corrected chi connectivity index (χ2v) is 6.51. The Balaban J connectivity index is 2.01. The first-order valence-corrected chi connectivity index (χ1v) is 9.00. The molecule has 0 aliphatic rings. The Bertz CT molecular complexity index is 820. The van der Waals surface area contributed by atoms with Crippen LogP contribution in [-0.2, 0) is 0 Å². The Kier molecular flexibility index (Phi) is 7.68. The van der Waals surface area contributed by atoms with E-state index in [2.05, 4.69) is 24.7 Å². The van der Waals surface area contributed by atoms with Crippen LogP contribution in [0.5, 0.6) is 17.2 Å². The number of hydrazine groups is 1. The SMILES string of the molecule is COc1ccc(C(=O)NNC(=O)c2ccccc2OCCC(C)C)cc1OC. The summed E-state index contributed by atoms with van der Waals surface area (Å²) in [7, 11) is 3.00. The zero-order valence-electron chi connectivity index (χ0n) is 16.6. The summed E-state index contributed by atoms with van der Waals surface area (Å²) in [6.45, 7) is 4.72. The van der Waals surface area contributed by atoms with Gasteiger partial charge >= 0.3 is 0 Å². The van der Waals surface area contributed by atoms with Crippen LogP contribution in [-0.4, -0.2) is 32.6 Å². The van der Waals surface area contributed by atoms with Crippen LogP contribution in [0, 0.1) is 5.92 Å². The first-order valence-electron chi connectivity index (χ1n) is 9.00. The molecule has 0 atom stereocenters. The van der Waals surface area contributed by atoms with Crippen LogP contribution in [0.4, 0.5) is 0 Å². The van der Waals surface area contributed by atoms with Crippen molar-refractivity contribution in [1.29, 1.82) is 0 Å². The molecule has 0 saturated carbocycles. The van der Waals surface area contributed by atoms with E-state index in [1.165, 1.54) is 20.3 Å². The van der Waals surface area contributed by atoms with Gasteiger partial charge in [-0.2, -0.15) is 0 Å². The summed E-state index contributed by atoms with van der Waals surface area (Å²) in [5, 5.41) is 0. The number of amides is 2. The number of benzene rings is 2. The van der Waals surface area contributed by atoms with E-state index in [1.807, 2.05) is 0 Å². The summed E-state index contributed by atoms with van der Waals surface area (Å²) in [6.07, 6.45) is 0.881. The second-order valence-electron chi connectivity index (χ2n) is 6.51. The molecule has 2 aromatic carbocycles. The minimum absolute atomic E-state index is 0.319. The molecule has 2 N–H and O–H groups in total. The topological polar surface area (TPSA) is 85.9 Å². The monoisotopic (exact) mass is 386 g/mol. The van der Waals surface area contributed by atoms with Crippen LogP contribution >= 0.6 is 0 Å². The molecule has 150 valence electrons. The van der Waals surface area contributed by atoms with Crippen molar-refractivity contribution in [2.45, 2.75) is 20.3 Å². The van der Waals surface area contributed by atoms with Gasteiger partial charge in [0.05, 0.1) is 26.4 Å². The average Bonchev–Trinajstić information content (AvgIpc) is 2.71. The van der Waals surface area contributed by atoms with Crippen LogP contribution in [0.2, 0.25) is 0 Å². The molecule has 0 bridgehead atoms. The first kappa shape index (κ1) is 21.1. The summed E-state index contributed by atoms with van der Waals surface area (Å²) in [4.78, 5) is 24.8. The molecule has 2 aromatic rings. The molecule has 2 amide bonds. The van der Waals surface area contributed by atoms with Crippen LogP contribution in [0.3, 0.4) is 0 Å². The zero-order chi connectivity index (χ0) is 20.5. The molecule has 0 heterocycles. The van der Waals surface area contributed by atoms with Crippen LogP contribution in [0.25, 0.3) is 0 Å². The van der Waals surface area contributed by atoms with Gasteiger partial charge in [0.25, 0.3) is 11.8 Å². The summed E-state index contributed by atoms with van der Waals surface area (Å²) in [6, 6.07) is 11.6. The van der Waals surface area contributed by atoms with Gasteiger partial charge in [-0.05, 0) is 42.7 Å².